The molecule has 0 bridgehead atoms. The molecule has 2 rings (SSSR count). The number of methoxy groups -OCH3 is 2. The van der Waals surface area contributed by atoms with E-state index >= 15 is 0 Å². The summed E-state index contributed by atoms with van der Waals surface area (Å²) < 4.78 is 17.1. The summed E-state index contributed by atoms with van der Waals surface area (Å²) in [4.78, 5) is 14.1. The maximum atomic E-state index is 11.9. The summed E-state index contributed by atoms with van der Waals surface area (Å²) in [5.41, 5.74) is 1.46. The number of benzene rings is 1. The van der Waals surface area contributed by atoms with Crippen molar-refractivity contribution in [1.82, 2.24) is 9.47 Å². The Hall–Kier alpha value is -1.63. The Bertz CT molecular complexity index is 597. The minimum Gasteiger partial charge on any atom is -0.408 e. The average Bonchev–Trinajstić information content (AvgIpc) is 2.82. The van der Waals surface area contributed by atoms with Gasteiger partial charge in [0.15, 0.2) is 5.58 Å². The van der Waals surface area contributed by atoms with Crippen molar-refractivity contribution in [1.29, 1.82) is 0 Å². The molecule has 2 aromatic rings. The quantitative estimate of drug-likeness (QED) is 0.695. The number of hydrogen-bond donors (Lipinski definition) is 0. The monoisotopic (exact) mass is 294 g/mol. The largest absolute Gasteiger partial charge is 0.419 e. The summed E-state index contributed by atoms with van der Waals surface area (Å²) in [7, 11) is 3.37. The summed E-state index contributed by atoms with van der Waals surface area (Å²) >= 11 is 0. The minimum atomic E-state index is -0.311. The lowest BCUT2D eigenvalue weighted by Gasteiger charge is -2.21. The van der Waals surface area contributed by atoms with Crippen LogP contribution >= 0.6 is 0 Å². The molecule has 0 N–H and O–H groups in total. The van der Waals surface area contributed by atoms with E-state index in [1.807, 2.05) is 18.2 Å². The van der Waals surface area contributed by atoms with Gasteiger partial charge in [-0.2, -0.15) is 0 Å². The molecular weight excluding hydrogens is 272 g/mol. The van der Waals surface area contributed by atoms with Gasteiger partial charge < -0.3 is 13.9 Å². The van der Waals surface area contributed by atoms with E-state index in [-0.39, 0.29) is 5.76 Å². The molecule has 0 unspecified atom stereocenters. The van der Waals surface area contributed by atoms with Crippen molar-refractivity contribution in [2.45, 2.75) is 6.54 Å². The molecule has 1 aromatic carbocycles. The van der Waals surface area contributed by atoms with E-state index in [1.165, 1.54) is 0 Å². The van der Waals surface area contributed by atoms with Gasteiger partial charge in [-0.15, -0.1) is 0 Å². The van der Waals surface area contributed by atoms with Crippen molar-refractivity contribution < 1.29 is 13.9 Å². The van der Waals surface area contributed by atoms with Crippen molar-refractivity contribution in [3.8, 4) is 0 Å². The van der Waals surface area contributed by atoms with Crippen molar-refractivity contribution in [2.75, 3.05) is 47.1 Å². The van der Waals surface area contributed by atoms with Gasteiger partial charge in [0.05, 0.1) is 18.7 Å². The van der Waals surface area contributed by atoms with Crippen LogP contribution in [0.5, 0.6) is 0 Å². The number of ether oxygens (including phenoxy) is 2. The molecule has 0 aliphatic rings. The molecule has 0 fully saturated rings. The molecule has 6 nitrogen and oxygen atoms in total. The van der Waals surface area contributed by atoms with Crippen LogP contribution in [0, 0.1) is 0 Å². The number of para-hydroxylation sites is 2. The molecule has 6 heteroatoms. The van der Waals surface area contributed by atoms with Crippen LogP contribution in [0.15, 0.2) is 33.5 Å². The average molecular weight is 294 g/mol. The van der Waals surface area contributed by atoms with E-state index in [2.05, 4.69) is 4.90 Å². The van der Waals surface area contributed by atoms with Crippen LogP contribution in [0.25, 0.3) is 11.1 Å². The number of fused-ring (bicyclic) bond motifs is 1. The highest BCUT2D eigenvalue weighted by Crippen LogP contribution is 2.11. The van der Waals surface area contributed by atoms with Crippen molar-refractivity contribution in [3.05, 3.63) is 34.8 Å². The van der Waals surface area contributed by atoms with Crippen LogP contribution in [0.3, 0.4) is 0 Å². The fourth-order valence-electron chi connectivity index (χ4n) is 2.24. The molecular formula is C15H22N2O4. The lowest BCUT2D eigenvalue weighted by Crippen LogP contribution is -2.34. The first-order valence-corrected chi connectivity index (χ1v) is 7.05. The summed E-state index contributed by atoms with van der Waals surface area (Å²) in [5, 5.41) is 0. The molecule has 0 saturated carbocycles. The minimum absolute atomic E-state index is 0.311. The first-order valence-electron chi connectivity index (χ1n) is 7.05. The van der Waals surface area contributed by atoms with Crippen LogP contribution in [0.2, 0.25) is 0 Å². The third kappa shape index (κ3) is 4.17. The molecule has 0 aliphatic heterocycles. The topological polar surface area (TPSA) is 56.8 Å². The molecule has 0 aliphatic carbocycles. The zero-order valence-corrected chi connectivity index (χ0v) is 12.6. The van der Waals surface area contributed by atoms with Gasteiger partial charge >= 0.3 is 5.76 Å². The standard InChI is InChI=1S/C15H22N2O4/c1-19-11-9-16(10-12-20-2)7-8-17-13-5-3-4-6-14(13)21-15(17)18/h3-6H,7-12H2,1-2H3. The Morgan fingerprint density at radius 2 is 1.76 bits per heavy atom. The SMILES string of the molecule is COCCN(CCOC)CCn1c(=O)oc2ccccc21. The fraction of sp³-hybridized carbons (Fsp3) is 0.533. The smallest absolute Gasteiger partial charge is 0.408 e. The number of rotatable bonds is 9. The summed E-state index contributed by atoms with van der Waals surface area (Å²) in [6.45, 7) is 4.27. The highest BCUT2D eigenvalue weighted by molar-refractivity contribution is 5.72. The molecule has 1 aromatic heterocycles. The fourth-order valence-corrected chi connectivity index (χ4v) is 2.24. The normalized spacial score (nSPS) is 11.6. The van der Waals surface area contributed by atoms with Gasteiger partial charge in [-0.05, 0) is 12.1 Å². The van der Waals surface area contributed by atoms with E-state index in [1.54, 1.807) is 24.9 Å². The second-order valence-corrected chi connectivity index (χ2v) is 4.81. The van der Waals surface area contributed by atoms with Gasteiger partial charge in [0.2, 0.25) is 0 Å². The molecule has 21 heavy (non-hydrogen) atoms. The number of nitrogens with zero attached hydrogens (tertiary/aromatic N) is 2. The van der Waals surface area contributed by atoms with Crippen molar-refractivity contribution >= 4 is 11.1 Å². The molecule has 116 valence electrons. The molecule has 0 saturated heterocycles. The van der Waals surface area contributed by atoms with E-state index in [0.29, 0.717) is 25.3 Å². The molecule has 1 heterocycles. The summed E-state index contributed by atoms with van der Waals surface area (Å²) in [6.07, 6.45) is 0. The maximum absolute atomic E-state index is 11.9. The first-order chi connectivity index (χ1) is 10.3. The van der Waals surface area contributed by atoms with Crippen LogP contribution in [-0.2, 0) is 16.0 Å². The van der Waals surface area contributed by atoms with Crippen molar-refractivity contribution in [3.63, 3.8) is 0 Å². The first kappa shape index (κ1) is 15.8. The predicted molar refractivity (Wildman–Crippen MR) is 80.7 cm³/mol. The zero-order chi connectivity index (χ0) is 15.1. The van der Waals surface area contributed by atoms with E-state index in [9.17, 15) is 4.79 Å². The summed E-state index contributed by atoms with van der Waals surface area (Å²) in [5.74, 6) is -0.311. The Labute approximate surface area is 123 Å². The van der Waals surface area contributed by atoms with Crippen molar-refractivity contribution in [2.24, 2.45) is 0 Å². The maximum Gasteiger partial charge on any atom is 0.419 e. The van der Waals surface area contributed by atoms with Gasteiger partial charge in [0.25, 0.3) is 0 Å². The molecule has 0 amide bonds. The van der Waals surface area contributed by atoms with Crippen LogP contribution < -0.4 is 5.76 Å². The lowest BCUT2D eigenvalue weighted by molar-refractivity contribution is 0.112. The van der Waals surface area contributed by atoms with Gasteiger partial charge in [0.1, 0.15) is 0 Å². The summed E-state index contributed by atoms with van der Waals surface area (Å²) in [6, 6.07) is 7.47. The predicted octanol–water partition coefficient (Wildman–Crippen LogP) is 1.19. The molecule has 0 atom stereocenters. The highest BCUT2D eigenvalue weighted by atomic mass is 16.5. The molecule has 0 spiro atoms. The Balaban J connectivity index is 2.04. The lowest BCUT2D eigenvalue weighted by atomic mass is 10.3. The number of aromatic nitrogens is 1. The molecule has 0 radical (unpaired) electrons. The number of oxazole rings is 1. The van der Waals surface area contributed by atoms with Gasteiger partial charge in [-0.25, -0.2) is 4.79 Å². The van der Waals surface area contributed by atoms with Gasteiger partial charge in [-0.1, -0.05) is 12.1 Å². The van der Waals surface area contributed by atoms with Gasteiger partial charge in [0, 0.05) is 40.4 Å². The third-order valence-electron chi connectivity index (χ3n) is 3.44. The van der Waals surface area contributed by atoms with Gasteiger partial charge in [-0.3, -0.25) is 9.47 Å². The Morgan fingerprint density at radius 3 is 2.43 bits per heavy atom. The van der Waals surface area contributed by atoms with Crippen LogP contribution in [-0.4, -0.2) is 56.5 Å². The second kappa shape index (κ2) is 7.97. The van der Waals surface area contributed by atoms with Crippen LogP contribution in [0.1, 0.15) is 0 Å². The van der Waals surface area contributed by atoms with E-state index in [4.69, 9.17) is 13.9 Å². The Morgan fingerprint density at radius 1 is 1.10 bits per heavy atom. The Kier molecular flexibility index (Phi) is 5.98. The third-order valence-corrected chi connectivity index (χ3v) is 3.44. The van der Waals surface area contributed by atoms with Crippen LogP contribution in [0.4, 0.5) is 0 Å². The zero-order valence-electron chi connectivity index (χ0n) is 12.6. The van der Waals surface area contributed by atoms with E-state index < -0.39 is 0 Å². The highest BCUT2D eigenvalue weighted by Gasteiger charge is 2.10. The van der Waals surface area contributed by atoms with E-state index in [0.717, 1.165) is 25.2 Å². The second-order valence-electron chi connectivity index (χ2n) is 4.81. The number of hydrogen-bond acceptors (Lipinski definition) is 5.